The quantitative estimate of drug-likeness (QED) is 0.210. The third kappa shape index (κ3) is 4.47. The first-order chi connectivity index (χ1) is 20.6. The van der Waals surface area contributed by atoms with Crippen molar-refractivity contribution in [3.63, 3.8) is 0 Å². The summed E-state index contributed by atoms with van der Waals surface area (Å²) in [4.78, 5) is 9.60. The SMILES string of the molecule is Cc1nn(C(c2ccccc2)(c2ccccc2)c2ccccc2)cc1-c1ccc2nccc(N3CCN(C)CC3)c2c1. The zero-order valence-corrected chi connectivity index (χ0v) is 24.2. The molecule has 0 N–H and O–H groups in total. The molecule has 1 aliphatic heterocycles. The van der Waals surface area contributed by atoms with E-state index in [1.54, 1.807) is 0 Å². The van der Waals surface area contributed by atoms with E-state index in [1.807, 2.05) is 6.20 Å². The van der Waals surface area contributed by atoms with Crippen molar-refractivity contribution in [2.45, 2.75) is 12.5 Å². The molecule has 5 heteroatoms. The highest BCUT2D eigenvalue weighted by molar-refractivity contribution is 5.95. The second kappa shape index (κ2) is 10.9. The molecule has 6 aromatic rings. The molecule has 0 amide bonds. The number of aryl methyl sites for hydroxylation is 1. The number of anilines is 1. The lowest BCUT2D eigenvalue weighted by molar-refractivity contribution is 0.313. The van der Waals surface area contributed by atoms with E-state index in [0.717, 1.165) is 65.2 Å². The molecule has 0 bridgehead atoms. The van der Waals surface area contributed by atoms with Gasteiger partial charge in [0.2, 0.25) is 0 Å². The van der Waals surface area contributed by atoms with E-state index >= 15 is 0 Å². The van der Waals surface area contributed by atoms with Gasteiger partial charge in [0, 0.05) is 55.2 Å². The third-order valence-electron chi connectivity index (χ3n) is 8.69. The van der Waals surface area contributed by atoms with Crippen molar-refractivity contribution in [3.05, 3.63) is 150 Å². The van der Waals surface area contributed by atoms with Crippen molar-refractivity contribution >= 4 is 16.6 Å². The Kier molecular flexibility index (Phi) is 6.80. The lowest BCUT2D eigenvalue weighted by atomic mass is 9.77. The number of aromatic nitrogens is 3. The van der Waals surface area contributed by atoms with Gasteiger partial charge < -0.3 is 9.80 Å². The summed E-state index contributed by atoms with van der Waals surface area (Å²) in [6.07, 6.45) is 4.17. The molecule has 7 rings (SSSR count). The molecule has 0 aliphatic carbocycles. The van der Waals surface area contributed by atoms with Gasteiger partial charge in [0.05, 0.1) is 11.2 Å². The highest BCUT2D eigenvalue weighted by Crippen LogP contribution is 2.42. The van der Waals surface area contributed by atoms with Gasteiger partial charge in [-0.2, -0.15) is 5.10 Å². The largest absolute Gasteiger partial charge is 0.368 e. The normalized spacial score (nSPS) is 14.4. The molecule has 1 aliphatic rings. The number of fused-ring (bicyclic) bond motifs is 1. The zero-order valence-electron chi connectivity index (χ0n) is 24.2. The van der Waals surface area contributed by atoms with Crippen LogP contribution in [0.1, 0.15) is 22.4 Å². The number of benzene rings is 4. The maximum Gasteiger partial charge on any atom is 0.138 e. The van der Waals surface area contributed by atoms with Crippen molar-refractivity contribution in [2.75, 3.05) is 38.1 Å². The Morgan fingerprint density at radius 3 is 1.81 bits per heavy atom. The van der Waals surface area contributed by atoms with Crippen LogP contribution in [-0.2, 0) is 5.54 Å². The van der Waals surface area contributed by atoms with Crippen LogP contribution >= 0.6 is 0 Å². The number of hydrogen-bond donors (Lipinski definition) is 0. The van der Waals surface area contributed by atoms with E-state index in [-0.39, 0.29) is 0 Å². The van der Waals surface area contributed by atoms with E-state index in [4.69, 9.17) is 10.1 Å². The number of hydrogen-bond acceptors (Lipinski definition) is 4. The van der Waals surface area contributed by atoms with Crippen LogP contribution in [0.15, 0.2) is 128 Å². The number of likely N-dealkylation sites (N-methyl/N-ethyl adjacent to an activating group) is 1. The summed E-state index contributed by atoms with van der Waals surface area (Å²) < 4.78 is 2.17. The summed E-state index contributed by atoms with van der Waals surface area (Å²) in [5.74, 6) is 0. The molecule has 1 fully saturated rings. The van der Waals surface area contributed by atoms with Crippen LogP contribution in [0.25, 0.3) is 22.0 Å². The zero-order chi connectivity index (χ0) is 28.5. The third-order valence-corrected chi connectivity index (χ3v) is 8.69. The van der Waals surface area contributed by atoms with Gasteiger partial charge in [-0.25, -0.2) is 0 Å². The summed E-state index contributed by atoms with van der Waals surface area (Å²) in [6.45, 7) is 6.29. The van der Waals surface area contributed by atoms with Crippen LogP contribution in [0.2, 0.25) is 0 Å². The van der Waals surface area contributed by atoms with Crippen molar-refractivity contribution < 1.29 is 0 Å². The first-order valence-corrected chi connectivity index (χ1v) is 14.7. The second-order valence-electron chi connectivity index (χ2n) is 11.2. The molecule has 0 unspecified atom stereocenters. The summed E-state index contributed by atoms with van der Waals surface area (Å²) in [6, 6.07) is 41.0. The van der Waals surface area contributed by atoms with Gasteiger partial charge in [0.1, 0.15) is 5.54 Å². The van der Waals surface area contributed by atoms with Gasteiger partial charge in [-0.3, -0.25) is 9.67 Å². The Labute approximate surface area is 247 Å². The van der Waals surface area contributed by atoms with Crippen LogP contribution in [0.4, 0.5) is 5.69 Å². The maximum absolute atomic E-state index is 5.27. The fourth-order valence-electron chi connectivity index (χ4n) is 6.47. The number of nitrogens with zero attached hydrogens (tertiary/aromatic N) is 5. The molecule has 208 valence electrons. The first kappa shape index (κ1) is 26.2. The Hall–Kier alpha value is -4.74. The molecule has 1 saturated heterocycles. The molecular formula is C37H35N5. The van der Waals surface area contributed by atoms with E-state index in [1.165, 1.54) is 11.1 Å². The Balaban J connectivity index is 1.42. The van der Waals surface area contributed by atoms with Gasteiger partial charge in [-0.1, -0.05) is 97.1 Å². The fourth-order valence-corrected chi connectivity index (χ4v) is 6.47. The summed E-state index contributed by atoms with van der Waals surface area (Å²) >= 11 is 0. The molecule has 4 aromatic carbocycles. The van der Waals surface area contributed by atoms with E-state index in [2.05, 4.69) is 150 Å². The van der Waals surface area contributed by atoms with Crippen molar-refractivity contribution in [1.29, 1.82) is 0 Å². The van der Waals surface area contributed by atoms with E-state index < -0.39 is 5.54 Å². The van der Waals surface area contributed by atoms with E-state index in [9.17, 15) is 0 Å². The molecule has 2 aromatic heterocycles. The molecular weight excluding hydrogens is 514 g/mol. The maximum atomic E-state index is 5.27. The lowest BCUT2D eigenvalue weighted by Gasteiger charge is -2.36. The van der Waals surface area contributed by atoms with Crippen LogP contribution < -0.4 is 4.90 Å². The molecule has 0 radical (unpaired) electrons. The molecule has 0 saturated carbocycles. The van der Waals surface area contributed by atoms with Crippen LogP contribution in [0, 0.1) is 6.92 Å². The van der Waals surface area contributed by atoms with Gasteiger partial charge in [-0.05, 0) is 54.4 Å². The molecule has 0 atom stereocenters. The van der Waals surface area contributed by atoms with Gasteiger partial charge in [0.15, 0.2) is 0 Å². The topological polar surface area (TPSA) is 37.2 Å². The summed E-state index contributed by atoms with van der Waals surface area (Å²) in [7, 11) is 2.20. The van der Waals surface area contributed by atoms with Gasteiger partial charge >= 0.3 is 0 Å². The van der Waals surface area contributed by atoms with Gasteiger partial charge in [0.25, 0.3) is 0 Å². The first-order valence-electron chi connectivity index (χ1n) is 14.7. The highest BCUT2D eigenvalue weighted by Gasteiger charge is 2.39. The minimum Gasteiger partial charge on any atom is -0.368 e. The summed E-state index contributed by atoms with van der Waals surface area (Å²) in [5, 5.41) is 6.46. The number of piperazine rings is 1. The predicted molar refractivity (Wildman–Crippen MR) is 172 cm³/mol. The van der Waals surface area contributed by atoms with Crippen molar-refractivity contribution in [1.82, 2.24) is 19.7 Å². The van der Waals surface area contributed by atoms with Crippen molar-refractivity contribution in [2.24, 2.45) is 0 Å². The average molecular weight is 550 g/mol. The monoisotopic (exact) mass is 549 g/mol. The smallest absolute Gasteiger partial charge is 0.138 e. The average Bonchev–Trinajstić information content (AvgIpc) is 3.44. The summed E-state index contributed by atoms with van der Waals surface area (Å²) in [5.41, 5.74) is 8.39. The minimum atomic E-state index is -0.643. The Morgan fingerprint density at radius 2 is 1.24 bits per heavy atom. The van der Waals surface area contributed by atoms with Crippen LogP contribution in [0.5, 0.6) is 0 Å². The predicted octanol–water partition coefficient (Wildman–Crippen LogP) is 7.00. The fraction of sp³-hybridized carbons (Fsp3) is 0.189. The number of rotatable bonds is 6. The molecule has 5 nitrogen and oxygen atoms in total. The van der Waals surface area contributed by atoms with Crippen LogP contribution in [-0.4, -0.2) is 52.9 Å². The molecule has 0 spiro atoms. The highest BCUT2D eigenvalue weighted by atomic mass is 15.3. The lowest BCUT2D eigenvalue weighted by Crippen LogP contribution is -2.44. The van der Waals surface area contributed by atoms with Gasteiger partial charge in [-0.15, -0.1) is 0 Å². The van der Waals surface area contributed by atoms with Crippen LogP contribution in [0.3, 0.4) is 0 Å². The Bertz CT molecular complexity index is 1710. The Morgan fingerprint density at radius 1 is 0.667 bits per heavy atom. The molecule has 3 heterocycles. The van der Waals surface area contributed by atoms with Crippen molar-refractivity contribution in [3.8, 4) is 11.1 Å². The minimum absolute atomic E-state index is 0.643. The number of pyridine rings is 1. The molecule has 42 heavy (non-hydrogen) atoms. The standard InChI is InChI=1S/C37H35N5/c1-28-34(29-18-19-35-33(26-29)36(20-21-38-35)41-24-22-40(2)23-25-41)27-42(39-28)37(30-12-6-3-7-13-30,31-14-8-4-9-15-31)32-16-10-5-11-17-32/h3-21,26-27H,22-25H2,1-2H3. The van der Waals surface area contributed by atoms with E-state index in [0.29, 0.717) is 0 Å². The second-order valence-corrected chi connectivity index (χ2v) is 11.2.